The van der Waals surface area contributed by atoms with Crippen molar-refractivity contribution in [1.29, 1.82) is 0 Å². The molecule has 2 atom stereocenters. The number of furan rings is 1. The summed E-state index contributed by atoms with van der Waals surface area (Å²) in [6, 6.07) is 10.8. The highest BCUT2D eigenvalue weighted by Crippen LogP contribution is 2.41. The lowest BCUT2D eigenvalue weighted by molar-refractivity contribution is -0.158. The number of carbonyl (C=O) groups is 3. The summed E-state index contributed by atoms with van der Waals surface area (Å²) in [5.74, 6) is -0.0152. The number of thioether (sulfide) groups is 1. The fourth-order valence-corrected chi connectivity index (χ4v) is 5.17. The molecule has 0 saturated carbocycles. The SMILES string of the molecule is CC(=O)N1[C@H](C(=O)OCC(=O)N2CCc3ccccc3C2)CS[C@H]1c1ccco1. The Labute approximate surface area is 173 Å². The maximum absolute atomic E-state index is 12.6. The van der Waals surface area contributed by atoms with Gasteiger partial charge in [0.1, 0.15) is 17.2 Å². The molecule has 2 aliphatic heterocycles. The van der Waals surface area contributed by atoms with Gasteiger partial charge in [-0.05, 0) is 29.7 Å². The van der Waals surface area contributed by atoms with Crippen LogP contribution in [0, 0.1) is 0 Å². The molecule has 2 aromatic rings. The van der Waals surface area contributed by atoms with E-state index in [9.17, 15) is 14.4 Å². The maximum atomic E-state index is 12.6. The van der Waals surface area contributed by atoms with Crippen LogP contribution in [0.4, 0.5) is 0 Å². The van der Waals surface area contributed by atoms with E-state index in [2.05, 4.69) is 6.07 Å². The largest absolute Gasteiger partial charge is 0.466 e. The second-order valence-electron chi connectivity index (χ2n) is 7.08. The number of ether oxygens (including phenoxy) is 1. The zero-order valence-corrected chi connectivity index (χ0v) is 16.9. The first-order chi connectivity index (χ1) is 14.0. The molecule has 1 aromatic heterocycles. The zero-order chi connectivity index (χ0) is 20.4. The molecule has 0 aliphatic carbocycles. The molecular formula is C21H22N2O5S. The second kappa shape index (κ2) is 8.32. The molecule has 8 heteroatoms. The van der Waals surface area contributed by atoms with Crippen LogP contribution in [0.25, 0.3) is 0 Å². The van der Waals surface area contributed by atoms with Crippen LogP contribution >= 0.6 is 11.8 Å². The van der Waals surface area contributed by atoms with Gasteiger partial charge >= 0.3 is 5.97 Å². The van der Waals surface area contributed by atoms with Crippen molar-refractivity contribution in [2.24, 2.45) is 0 Å². The Kier molecular flexibility index (Phi) is 5.62. The van der Waals surface area contributed by atoms with E-state index in [4.69, 9.17) is 9.15 Å². The highest BCUT2D eigenvalue weighted by atomic mass is 32.2. The summed E-state index contributed by atoms with van der Waals surface area (Å²) in [5, 5.41) is -0.366. The number of fused-ring (bicyclic) bond motifs is 1. The molecule has 4 rings (SSSR count). The smallest absolute Gasteiger partial charge is 0.330 e. The van der Waals surface area contributed by atoms with Gasteiger partial charge in [0.15, 0.2) is 6.61 Å². The molecule has 1 saturated heterocycles. The molecule has 152 valence electrons. The standard InChI is InChI=1S/C21H22N2O5S/c1-14(24)23-17(13-29-20(23)18-7-4-10-27-18)21(26)28-12-19(25)22-9-8-15-5-2-3-6-16(15)11-22/h2-7,10,17,20H,8-9,11-13H2,1H3/t17-,20-/m0/s1. The summed E-state index contributed by atoms with van der Waals surface area (Å²) in [6.45, 7) is 2.22. The molecule has 0 spiro atoms. The van der Waals surface area contributed by atoms with Gasteiger partial charge in [0.05, 0.1) is 6.26 Å². The number of carbonyl (C=O) groups excluding carboxylic acids is 3. The van der Waals surface area contributed by atoms with E-state index in [-0.39, 0.29) is 23.8 Å². The van der Waals surface area contributed by atoms with Crippen LogP contribution in [-0.4, -0.2) is 52.5 Å². The van der Waals surface area contributed by atoms with Crippen molar-refractivity contribution in [3.63, 3.8) is 0 Å². The van der Waals surface area contributed by atoms with E-state index < -0.39 is 12.0 Å². The summed E-state index contributed by atoms with van der Waals surface area (Å²) >= 11 is 1.44. The molecule has 1 fully saturated rings. The van der Waals surface area contributed by atoms with E-state index in [1.165, 1.54) is 35.4 Å². The molecule has 7 nitrogen and oxygen atoms in total. The maximum Gasteiger partial charge on any atom is 0.330 e. The van der Waals surface area contributed by atoms with E-state index in [1.54, 1.807) is 17.0 Å². The first-order valence-corrected chi connectivity index (χ1v) is 10.5. The molecule has 0 N–H and O–H groups in total. The van der Waals surface area contributed by atoms with Gasteiger partial charge in [-0.2, -0.15) is 0 Å². The molecule has 2 aliphatic rings. The normalized spacial score (nSPS) is 21.0. The quantitative estimate of drug-likeness (QED) is 0.715. The fraction of sp³-hybridized carbons (Fsp3) is 0.381. The Hall–Kier alpha value is -2.74. The molecule has 0 bridgehead atoms. The summed E-state index contributed by atoms with van der Waals surface area (Å²) in [4.78, 5) is 40.5. The topological polar surface area (TPSA) is 80.1 Å². The molecule has 1 aromatic carbocycles. The van der Waals surface area contributed by atoms with Crippen molar-refractivity contribution in [2.45, 2.75) is 31.3 Å². The van der Waals surface area contributed by atoms with Crippen LogP contribution in [0.2, 0.25) is 0 Å². The average Bonchev–Trinajstić information content (AvgIpc) is 3.40. The monoisotopic (exact) mass is 414 g/mol. The minimum Gasteiger partial charge on any atom is -0.466 e. The van der Waals surface area contributed by atoms with Crippen LogP contribution in [0.1, 0.15) is 29.2 Å². The highest BCUT2D eigenvalue weighted by Gasteiger charge is 2.43. The third-order valence-corrected chi connectivity index (χ3v) is 6.53. The van der Waals surface area contributed by atoms with Crippen LogP contribution < -0.4 is 0 Å². The zero-order valence-electron chi connectivity index (χ0n) is 16.1. The Morgan fingerprint density at radius 1 is 1.17 bits per heavy atom. The molecule has 2 amide bonds. The van der Waals surface area contributed by atoms with Gasteiger partial charge in [0, 0.05) is 25.8 Å². The van der Waals surface area contributed by atoms with Crippen molar-refractivity contribution < 1.29 is 23.5 Å². The lowest BCUT2D eigenvalue weighted by Crippen LogP contribution is -2.44. The van der Waals surface area contributed by atoms with Crippen molar-refractivity contribution in [2.75, 3.05) is 18.9 Å². The lowest BCUT2D eigenvalue weighted by atomic mass is 10.00. The van der Waals surface area contributed by atoms with Gasteiger partial charge in [-0.3, -0.25) is 9.59 Å². The summed E-state index contributed by atoms with van der Waals surface area (Å²) in [5.41, 5.74) is 2.37. The predicted molar refractivity (Wildman–Crippen MR) is 107 cm³/mol. The van der Waals surface area contributed by atoms with Crippen molar-refractivity contribution >= 4 is 29.5 Å². The third-order valence-electron chi connectivity index (χ3n) is 5.24. The second-order valence-corrected chi connectivity index (χ2v) is 8.20. The van der Waals surface area contributed by atoms with Gasteiger partial charge in [-0.1, -0.05) is 24.3 Å². The van der Waals surface area contributed by atoms with Crippen LogP contribution in [-0.2, 0) is 32.1 Å². The highest BCUT2D eigenvalue weighted by molar-refractivity contribution is 7.99. The van der Waals surface area contributed by atoms with E-state index in [0.29, 0.717) is 24.6 Å². The van der Waals surface area contributed by atoms with Gasteiger partial charge in [-0.25, -0.2) is 4.79 Å². The van der Waals surface area contributed by atoms with E-state index in [0.717, 1.165) is 12.0 Å². The van der Waals surface area contributed by atoms with Gasteiger partial charge in [0.2, 0.25) is 5.91 Å². The summed E-state index contributed by atoms with van der Waals surface area (Å²) in [6.07, 6.45) is 2.33. The van der Waals surface area contributed by atoms with Crippen molar-refractivity contribution in [3.05, 3.63) is 59.5 Å². The van der Waals surface area contributed by atoms with Crippen LogP contribution in [0.3, 0.4) is 0 Å². The van der Waals surface area contributed by atoms with Gasteiger partial charge in [-0.15, -0.1) is 11.8 Å². The number of esters is 1. The third kappa shape index (κ3) is 4.03. The first-order valence-electron chi connectivity index (χ1n) is 9.49. The van der Waals surface area contributed by atoms with Gasteiger partial charge < -0.3 is 19.0 Å². The number of hydrogen-bond donors (Lipinski definition) is 0. The molecule has 3 heterocycles. The van der Waals surface area contributed by atoms with Crippen molar-refractivity contribution in [1.82, 2.24) is 9.80 Å². The van der Waals surface area contributed by atoms with Gasteiger partial charge in [0.25, 0.3) is 5.91 Å². The number of hydrogen-bond acceptors (Lipinski definition) is 6. The number of amides is 2. The minimum atomic E-state index is -0.734. The predicted octanol–water partition coefficient (Wildman–Crippen LogP) is 2.37. The lowest BCUT2D eigenvalue weighted by Gasteiger charge is -2.29. The number of nitrogens with zero attached hydrogens (tertiary/aromatic N) is 2. The summed E-state index contributed by atoms with van der Waals surface area (Å²) < 4.78 is 10.7. The molecule has 0 unspecified atom stereocenters. The molecule has 0 radical (unpaired) electrons. The van der Waals surface area contributed by atoms with Crippen LogP contribution in [0.5, 0.6) is 0 Å². The Balaban J connectivity index is 1.36. The number of benzene rings is 1. The first kappa shape index (κ1) is 19.6. The van der Waals surface area contributed by atoms with Crippen molar-refractivity contribution in [3.8, 4) is 0 Å². The minimum absolute atomic E-state index is 0.226. The Morgan fingerprint density at radius 2 is 1.97 bits per heavy atom. The fourth-order valence-electron chi connectivity index (χ4n) is 3.75. The molecule has 29 heavy (non-hydrogen) atoms. The van der Waals surface area contributed by atoms with E-state index >= 15 is 0 Å². The van der Waals surface area contributed by atoms with Crippen LogP contribution in [0.15, 0.2) is 47.1 Å². The number of rotatable bonds is 4. The molecular weight excluding hydrogens is 392 g/mol. The van der Waals surface area contributed by atoms with E-state index in [1.807, 2.05) is 18.2 Å². The Morgan fingerprint density at radius 3 is 2.69 bits per heavy atom. The summed E-state index contributed by atoms with van der Waals surface area (Å²) in [7, 11) is 0. The average molecular weight is 414 g/mol. The Bertz CT molecular complexity index is 914.